The van der Waals surface area contributed by atoms with Gasteiger partial charge in [0.1, 0.15) is 16.2 Å². The molecule has 0 bridgehead atoms. The van der Waals surface area contributed by atoms with Gasteiger partial charge in [0, 0.05) is 22.2 Å². The van der Waals surface area contributed by atoms with E-state index in [1.807, 2.05) is 0 Å². The topological polar surface area (TPSA) is 145 Å². The summed E-state index contributed by atoms with van der Waals surface area (Å²) in [6.07, 6.45) is 1.15. The molecule has 13 heteroatoms. The number of hydrogen-bond acceptors (Lipinski definition) is 8. The van der Waals surface area contributed by atoms with Crippen LogP contribution in [0.25, 0.3) is 6.08 Å². The lowest BCUT2D eigenvalue weighted by atomic mass is 10.1. The van der Waals surface area contributed by atoms with Gasteiger partial charge in [0.05, 0.1) is 4.92 Å². The van der Waals surface area contributed by atoms with Crippen LogP contribution in [0.4, 0.5) is 5.69 Å². The largest absolute Gasteiger partial charge is 0.378 e. The molecule has 0 saturated carbocycles. The monoisotopic (exact) mass is 511 g/mol. The normalized spacial score (nSPS) is 14.0. The van der Waals surface area contributed by atoms with Crippen LogP contribution in [0.5, 0.6) is 5.75 Å². The van der Waals surface area contributed by atoms with Crippen LogP contribution in [0.2, 0.25) is 0 Å². The molecular formula is C17H10BrN3O7S2. The second-order valence-electron chi connectivity index (χ2n) is 5.77. The number of amides is 2. The fraction of sp³-hybridized carbons (Fsp3) is 0. The zero-order valence-electron chi connectivity index (χ0n) is 14.6. The number of halogens is 1. The molecule has 0 atom stereocenters. The number of carbonyl (C=O) groups is 2. The Morgan fingerprint density at radius 2 is 1.67 bits per heavy atom. The number of carbonyl (C=O) groups excluding carboxylic acids is 2. The van der Waals surface area contributed by atoms with Crippen molar-refractivity contribution < 1.29 is 27.1 Å². The third-order valence-electron chi connectivity index (χ3n) is 3.75. The van der Waals surface area contributed by atoms with Gasteiger partial charge in [0.2, 0.25) is 0 Å². The van der Waals surface area contributed by atoms with Crippen LogP contribution in [0, 0.1) is 10.1 Å². The quantitative estimate of drug-likeness (QED) is 0.155. The van der Waals surface area contributed by atoms with E-state index in [1.165, 1.54) is 18.2 Å². The number of nitro benzene ring substituents is 1. The van der Waals surface area contributed by atoms with Gasteiger partial charge >= 0.3 is 10.1 Å². The van der Waals surface area contributed by atoms with Crippen LogP contribution in [0.3, 0.4) is 0 Å². The molecule has 0 radical (unpaired) electrons. The zero-order chi connectivity index (χ0) is 22.1. The Balaban J connectivity index is 1.98. The van der Waals surface area contributed by atoms with Crippen LogP contribution < -0.4 is 14.8 Å². The highest BCUT2D eigenvalue weighted by atomic mass is 79.9. The SMILES string of the molecule is O=C1NC(=S)NC(=O)C1=Cc1cc(Br)ccc1OS(=O)(=O)c1ccc([N+](=O)[O-])cc1. The average molecular weight is 512 g/mol. The van der Waals surface area contributed by atoms with Crippen LogP contribution in [-0.4, -0.2) is 30.3 Å². The average Bonchev–Trinajstić information content (AvgIpc) is 2.66. The summed E-state index contributed by atoms with van der Waals surface area (Å²) in [6.45, 7) is 0. The molecule has 1 aliphatic heterocycles. The second-order valence-corrected chi connectivity index (χ2v) is 8.64. The summed E-state index contributed by atoms with van der Waals surface area (Å²) in [6, 6.07) is 8.39. The summed E-state index contributed by atoms with van der Waals surface area (Å²) in [5.74, 6) is -1.68. The fourth-order valence-corrected chi connectivity index (χ4v) is 3.89. The molecule has 0 unspecified atom stereocenters. The Bertz CT molecular complexity index is 1200. The van der Waals surface area contributed by atoms with Crippen LogP contribution in [-0.2, 0) is 19.7 Å². The summed E-state index contributed by atoms with van der Waals surface area (Å²) >= 11 is 7.96. The van der Waals surface area contributed by atoms with E-state index in [-0.39, 0.29) is 32.6 Å². The molecule has 0 aliphatic carbocycles. The lowest BCUT2D eigenvalue weighted by Gasteiger charge is -2.17. The molecule has 0 spiro atoms. The Kier molecular flexibility index (Phi) is 5.96. The number of nitrogens with one attached hydrogen (secondary N) is 2. The first kappa shape index (κ1) is 21.5. The predicted molar refractivity (Wildman–Crippen MR) is 112 cm³/mol. The molecule has 1 aliphatic rings. The van der Waals surface area contributed by atoms with E-state index in [2.05, 4.69) is 26.6 Å². The number of nitro groups is 1. The summed E-state index contributed by atoms with van der Waals surface area (Å²) < 4.78 is 30.9. The smallest absolute Gasteiger partial charge is 0.339 e. The maximum atomic E-state index is 12.6. The highest BCUT2D eigenvalue weighted by molar-refractivity contribution is 9.10. The second kappa shape index (κ2) is 8.30. The van der Waals surface area contributed by atoms with Gasteiger partial charge in [-0.1, -0.05) is 15.9 Å². The first-order valence-corrected chi connectivity index (χ1v) is 10.5. The molecule has 0 aromatic heterocycles. The molecule has 10 nitrogen and oxygen atoms in total. The van der Waals surface area contributed by atoms with Crippen LogP contribution in [0.15, 0.2) is 57.4 Å². The van der Waals surface area contributed by atoms with Crippen molar-refractivity contribution in [3.63, 3.8) is 0 Å². The Hall–Kier alpha value is -3.16. The maximum absolute atomic E-state index is 12.6. The number of hydrogen-bond donors (Lipinski definition) is 2. The first-order chi connectivity index (χ1) is 14.1. The molecule has 2 amide bonds. The van der Waals surface area contributed by atoms with Gasteiger partial charge in [-0.2, -0.15) is 8.42 Å². The van der Waals surface area contributed by atoms with Gasteiger partial charge in [-0.15, -0.1) is 0 Å². The van der Waals surface area contributed by atoms with Gasteiger partial charge in [-0.25, -0.2) is 0 Å². The number of non-ortho nitro benzene ring substituents is 1. The Morgan fingerprint density at radius 1 is 1.07 bits per heavy atom. The molecule has 2 aromatic carbocycles. The molecule has 2 aromatic rings. The Labute approximate surface area is 183 Å². The summed E-state index contributed by atoms with van der Waals surface area (Å²) in [4.78, 5) is 33.9. The van der Waals surface area contributed by atoms with E-state index in [1.54, 1.807) is 0 Å². The molecular weight excluding hydrogens is 502 g/mol. The standard InChI is InChI=1S/C17H10BrN3O7S2/c18-10-1-6-14(9(7-10)8-13-15(22)19-17(29)20-16(13)23)28-30(26,27)12-4-2-11(3-5-12)21(24)25/h1-8H,(H2,19,20,22,23,29). The maximum Gasteiger partial charge on any atom is 0.339 e. The molecule has 154 valence electrons. The van der Waals surface area contributed by atoms with Crippen molar-refractivity contribution in [1.82, 2.24) is 10.6 Å². The highest BCUT2D eigenvalue weighted by Gasteiger charge is 2.27. The zero-order valence-corrected chi connectivity index (χ0v) is 17.8. The number of benzene rings is 2. The van der Waals surface area contributed by atoms with E-state index in [9.17, 15) is 28.1 Å². The first-order valence-electron chi connectivity index (χ1n) is 7.94. The van der Waals surface area contributed by atoms with E-state index >= 15 is 0 Å². The molecule has 1 fully saturated rings. The minimum absolute atomic E-state index is 0.114. The minimum Gasteiger partial charge on any atom is -0.378 e. The minimum atomic E-state index is -4.36. The molecule has 1 saturated heterocycles. The van der Waals surface area contributed by atoms with Crippen molar-refractivity contribution in [2.24, 2.45) is 0 Å². The predicted octanol–water partition coefficient (Wildman–Crippen LogP) is 2.04. The number of thiocarbonyl (C=S) groups is 1. The van der Waals surface area contributed by atoms with Crippen molar-refractivity contribution in [3.05, 3.63) is 68.2 Å². The summed E-state index contributed by atoms with van der Waals surface area (Å²) in [5, 5.41) is 15.1. The molecule has 1 heterocycles. The van der Waals surface area contributed by atoms with E-state index in [0.717, 1.165) is 30.3 Å². The lowest BCUT2D eigenvalue weighted by molar-refractivity contribution is -0.384. The van der Waals surface area contributed by atoms with Crippen molar-refractivity contribution >= 4 is 67.0 Å². The van der Waals surface area contributed by atoms with E-state index in [0.29, 0.717) is 4.47 Å². The molecule has 2 N–H and O–H groups in total. The van der Waals surface area contributed by atoms with E-state index in [4.69, 9.17) is 16.4 Å². The van der Waals surface area contributed by atoms with Crippen molar-refractivity contribution in [1.29, 1.82) is 0 Å². The number of rotatable bonds is 5. The highest BCUT2D eigenvalue weighted by Crippen LogP contribution is 2.29. The fourth-order valence-electron chi connectivity index (χ4n) is 2.37. The van der Waals surface area contributed by atoms with Crippen LogP contribution in [0.1, 0.15) is 5.56 Å². The summed E-state index contributed by atoms with van der Waals surface area (Å²) in [5.41, 5.74) is -0.475. The Morgan fingerprint density at radius 3 is 2.23 bits per heavy atom. The van der Waals surface area contributed by atoms with Gasteiger partial charge in [0.15, 0.2) is 5.11 Å². The molecule has 3 rings (SSSR count). The third-order valence-corrected chi connectivity index (χ3v) is 5.70. The van der Waals surface area contributed by atoms with Crippen molar-refractivity contribution in [3.8, 4) is 5.75 Å². The summed E-state index contributed by atoms with van der Waals surface area (Å²) in [7, 11) is -4.36. The third kappa shape index (κ3) is 4.69. The van der Waals surface area contributed by atoms with Gasteiger partial charge in [0.25, 0.3) is 17.5 Å². The van der Waals surface area contributed by atoms with Crippen molar-refractivity contribution in [2.75, 3.05) is 0 Å². The van der Waals surface area contributed by atoms with Gasteiger partial charge in [-0.3, -0.25) is 30.3 Å². The van der Waals surface area contributed by atoms with Crippen molar-refractivity contribution in [2.45, 2.75) is 4.90 Å². The van der Waals surface area contributed by atoms with Gasteiger partial charge < -0.3 is 4.18 Å². The van der Waals surface area contributed by atoms with Gasteiger partial charge in [-0.05, 0) is 48.6 Å². The molecule has 30 heavy (non-hydrogen) atoms. The number of nitrogens with zero attached hydrogens (tertiary/aromatic N) is 1. The lowest BCUT2D eigenvalue weighted by Crippen LogP contribution is -2.51. The van der Waals surface area contributed by atoms with Crippen LogP contribution >= 0.6 is 28.1 Å². The van der Waals surface area contributed by atoms with E-state index < -0.39 is 26.9 Å².